The van der Waals surface area contributed by atoms with Gasteiger partial charge in [-0.05, 0) is 39.0 Å². The van der Waals surface area contributed by atoms with Gasteiger partial charge in [0.2, 0.25) is 0 Å². The van der Waals surface area contributed by atoms with Gasteiger partial charge in [0, 0.05) is 31.8 Å². The van der Waals surface area contributed by atoms with Crippen LogP contribution < -0.4 is 5.73 Å². The molecule has 0 amide bonds. The Kier molecular flexibility index (Phi) is 5.58. The molecule has 1 fully saturated rings. The van der Waals surface area contributed by atoms with Gasteiger partial charge in [-0.25, -0.2) is 0 Å². The number of nitrogens with two attached hydrogens (primary N) is 1. The first-order valence-corrected chi connectivity index (χ1v) is 6.25. The van der Waals surface area contributed by atoms with Gasteiger partial charge in [0.25, 0.3) is 0 Å². The number of aliphatic hydroxyl groups is 1. The fourth-order valence-electron chi connectivity index (χ4n) is 2.43. The molecule has 0 heterocycles. The first kappa shape index (κ1) is 12.9. The van der Waals surface area contributed by atoms with E-state index in [4.69, 9.17) is 10.8 Å². The van der Waals surface area contributed by atoms with Crippen LogP contribution in [-0.4, -0.2) is 41.8 Å². The summed E-state index contributed by atoms with van der Waals surface area (Å²) in [6, 6.07) is 0.963. The lowest BCUT2D eigenvalue weighted by Gasteiger charge is -2.30. The average Bonchev–Trinajstić information content (AvgIpc) is 2.58. The van der Waals surface area contributed by atoms with Crippen LogP contribution in [0.25, 0.3) is 0 Å². The van der Waals surface area contributed by atoms with E-state index in [0.717, 1.165) is 19.5 Å². The zero-order valence-corrected chi connectivity index (χ0v) is 10.2. The van der Waals surface area contributed by atoms with E-state index in [-0.39, 0.29) is 0 Å². The van der Waals surface area contributed by atoms with Crippen LogP contribution in [-0.2, 0) is 0 Å². The Balaban J connectivity index is 2.35. The van der Waals surface area contributed by atoms with Crippen LogP contribution >= 0.6 is 0 Å². The van der Waals surface area contributed by atoms with Gasteiger partial charge in [0.15, 0.2) is 0 Å². The molecule has 2 atom stereocenters. The van der Waals surface area contributed by atoms with Crippen molar-refractivity contribution in [2.45, 2.75) is 51.6 Å². The zero-order valence-electron chi connectivity index (χ0n) is 10.2. The second kappa shape index (κ2) is 6.46. The predicted molar refractivity (Wildman–Crippen MR) is 63.7 cm³/mol. The minimum atomic E-state index is 0.292. The summed E-state index contributed by atoms with van der Waals surface area (Å²) in [6.45, 7) is 6.84. The van der Waals surface area contributed by atoms with Crippen molar-refractivity contribution in [1.29, 1.82) is 0 Å². The molecule has 0 aromatic heterocycles. The Morgan fingerprint density at radius 1 is 1.40 bits per heavy atom. The van der Waals surface area contributed by atoms with Crippen LogP contribution in [0.3, 0.4) is 0 Å². The third kappa shape index (κ3) is 4.09. The van der Waals surface area contributed by atoms with Crippen molar-refractivity contribution >= 4 is 0 Å². The number of hydrogen-bond donors (Lipinski definition) is 2. The van der Waals surface area contributed by atoms with Crippen molar-refractivity contribution in [3.63, 3.8) is 0 Å². The van der Waals surface area contributed by atoms with Gasteiger partial charge in [-0.2, -0.15) is 0 Å². The topological polar surface area (TPSA) is 49.5 Å². The fraction of sp³-hybridized carbons (Fsp3) is 1.00. The maximum atomic E-state index is 8.86. The summed E-state index contributed by atoms with van der Waals surface area (Å²) in [5, 5.41) is 8.86. The Bertz CT molecular complexity index is 173. The molecule has 1 saturated carbocycles. The molecule has 0 bridgehead atoms. The largest absolute Gasteiger partial charge is 0.396 e. The summed E-state index contributed by atoms with van der Waals surface area (Å²) in [5.74, 6) is 0.672. The number of nitrogens with zero attached hydrogens (tertiary/aromatic N) is 1. The monoisotopic (exact) mass is 214 g/mol. The molecule has 1 aliphatic carbocycles. The first-order chi connectivity index (χ1) is 7.15. The van der Waals surface area contributed by atoms with Crippen molar-refractivity contribution < 1.29 is 5.11 Å². The second-order valence-electron chi connectivity index (χ2n) is 5.02. The zero-order chi connectivity index (χ0) is 11.3. The highest BCUT2D eigenvalue weighted by Crippen LogP contribution is 2.25. The van der Waals surface area contributed by atoms with Crippen LogP contribution in [0.1, 0.15) is 39.5 Å². The van der Waals surface area contributed by atoms with E-state index in [9.17, 15) is 0 Å². The summed E-state index contributed by atoms with van der Waals surface area (Å²) >= 11 is 0. The van der Waals surface area contributed by atoms with Crippen LogP contribution in [0.2, 0.25) is 0 Å². The molecule has 1 aliphatic rings. The summed E-state index contributed by atoms with van der Waals surface area (Å²) in [6.07, 6.45) is 4.64. The van der Waals surface area contributed by atoms with Gasteiger partial charge >= 0.3 is 0 Å². The van der Waals surface area contributed by atoms with E-state index in [2.05, 4.69) is 18.7 Å². The molecule has 0 aromatic rings. The molecular weight excluding hydrogens is 188 g/mol. The van der Waals surface area contributed by atoms with Gasteiger partial charge in [-0.1, -0.05) is 6.42 Å². The number of aliphatic hydroxyl groups excluding tert-OH is 1. The SMILES string of the molecule is CC(C)N(CCCO)CC1CCCC1N. The smallest absolute Gasteiger partial charge is 0.0443 e. The third-order valence-corrected chi connectivity index (χ3v) is 3.52. The van der Waals surface area contributed by atoms with Gasteiger partial charge in [-0.3, -0.25) is 0 Å². The van der Waals surface area contributed by atoms with Crippen molar-refractivity contribution in [1.82, 2.24) is 4.90 Å². The molecule has 90 valence electrons. The van der Waals surface area contributed by atoms with Crippen LogP contribution in [0.4, 0.5) is 0 Å². The van der Waals surface area contributed by atoms with Crippen LogP contribution in [0.15, 0.2) is 0 Å². The molecule has 0 radical (unpaired) electrons. The number of rotatable bonds is 6. The summed E-state index contributed by atoms with van der Waals surface area (Å²) in [4.78, 5) is 2.45. The van der Waals surface area contributed by atoms with E-state index in [0.29, 0.717) is 24.6 Å². The Morgan fingerprint density at radius 2 is 2.13 bits per heavy atom. The molecule has 0 aromatic carbocycles. The maximum Gasteiger partial charge on any atom is 0.0443 e. The molecule has 1 rings (SSSR count). The minimum Gasteiger partial charge on any atom is -0.396 e. The van der Waals surface area contributed by atoms with E-state index >= 15 is 0 Å². The standard InChI is InChI=1S/C12H26N2O/c1-10(2)14(7-4-8-15)9-11-5-3-6-12(11)13/h10-12,15H,3-9,13H2,1-2H3. The lowest BCUT2D eigenvalue weighted by atomic mass is 10.0. The van der Waals surface area contributed by atoms with Gasteiger partial charge in [0.1, 0.15) is 0 Å². The van der Waals surface area contributed by atoms with E-state index < -0.39 is 0 Å². The lowest BCUT2D eigenvalue weighted by molar-refractivity contribution is 0.163. The number of hydrogen-bond acceptors (Lipinski definition) is 3. The summed E-state index contributed by atoms with van der Waals surface area (Å²) in [5.41, 5.74) is 6.08. The summed E-state index contributed by atoms with van der Waals surface area (Å²) < 4.78 is 0. The highest BCUT2D eigenvalue weighted by molar-refractivity contribution is 4.83. The minimum absolute atomic E-state index is 0.292. The summed E-state index contributed by atoms with van der Waals surface area (Å²) in [7, 11) is 0. The van der Waals surface area contributed by atoms with Gasteiger partial charge in [-0.15, -0.1) is 0 Å². The quantitative estimate of drug-likeness (QED) is 0.698. The molecule has 3 nitrogen and oxygen atoms in total. The predicted octanol–water partition coefficient (Wildman–Crippen LogP) is 1.21. The van der Waals surface area contributed by atoms with Crippen molar-refractivity contribution in [3.8, 4) is 0 Å². The van der Waals surface area contributed by atoms with Crippen molar-refractivity contribution in [2.75, 3.05) is 19.7 Å². The van der Waals surface area contributed by atoms with Crippen molar-refractivity contribution in [3.05, 3.63) is 0 Å². The third-order valence-electron chi connectivity index (χ3n) is 3.52. The van der Waals surface area contributed by atoms with E-state index in [1.165, 1.54) is 19.3 Å². The Hall–Kier alpha value is -0.120. The Labute approximate surface area is 93.6 Å². The van der Waals surface area contributed by atoms with Crippen molar-refractivity contribution in [2.24, 2.45) is 11.7 Å². The first-order valence-electron chi connectivity index (χ1n) is 6.25. The molecule has 2 unspecified atom stereocenters. The second-order valence-corrected chi connectivity index (χ2v) is 5.02. The molecule has 0 saturated heterocycles. The highest BCUT2D eigenvalue weighted by Gasteiger charge is 2.26. The highest BCUT2D eigenvalue weighted by atomic mass is 16.3. The van der Waals surface area contributed by atoms with Gasteiger partial charge < -0.3 is 15.7 Å². The lowest BCUT2D eigenvalue weighted by Crippen LogP contribution is -2.40. The van der Waals surface area contributed by atoms with Crippen LogP contribution in [0.5, 0.6) is 0 Å². The Morgan fingerprint density at radius 3 is 2.60 bits per heavy atom. The van der Waals surface area contributed by atoms with Gasteiger partial charge in [0.05, 0.1) is 0 Å². The van der Waals surface area contributed by atoms with Crippen LogP contribution in [0, 0.1) is 5.92 Å². The van der Waals surface area contributed by atoms with E-state index in [1.807, 2.05) is 0 Å². The van der Waals surface area contributed by atoms with E-state index in [1.54, 1.807) is 0 Å². The molecule has 3 N–H and O–H groups in total. The normalized spacial score (nSPS) is 26.8. The molecule has 3 heteroatoms. The fourth-order valence-corrected chi connectivity index (χ4v) is 2.43. The molecule has 15 heavy (non-hydrogen) atoms. The average molecular weight is 214 g/mol. The molecular formula is C12H26N2O. The maximum absolute atomic E-state index is 8.86. The molecule has 0 spiro atoms. The molecule has 0 aliphatic heterocycles.